The topological polar surface area (TPSA) is 88.0 Å². The molecular formula is C10H22BN3O3. The van der Waals surface area contributed by atoms with Crippen LogP contribution in [-0.2, 0) is 0 Å². The first-order chi connectivity index (χ1) is 8.18. The molecule has 0 aromatic rings. The van der Waals surface area contributed by atoms with Gasteiger partial charge in [-0.3, -0.25) is 4.90 Å². The van der Waals surface area contributed by atoms with E-state index in [0.29, 0.717) is 12.6 Å². The average molecular weight is 243 g/mol. The summed E-state index contributed by atoms with van der Waals surface area (Å²) in [4.78, 5) is 1.78. The molecule has 7 heteroatoms. The number of aliphatic hydroxyl groups excluding tert-OH is 1. The summed E-state index contributed by atoms with van der Waals surface area (Å²) in [7, 11) is -1.36. The highest BCUT2D eigenvalue weighted by molar-refractivity contribution is 6.43. The summed E-state index contributed by atoms with van der Waals surface area (Å²) >= 11 is 0. The van der Waals surface area contributed by atoms with Crippen molar-refractivity contribution in [2.75, 3.05) is 26.2 Å². The molecule has 6 nitrogen and oxygen atoms in total. The summed E-state index contributed by atoms with van der Waals surface area (Å²) in [6.45, 7) is 3.18. The quantitative estimate of drug-likeness (QED) is 0.350. The van der Waals surface area contributed by atoms with Crippen LogP contribution in [0, 0.1) is 0 Å². The molecule has 2 rings (SSSR count). The predicted octanol–water partition coefficient (Wildman–Crippen LogP) is -2.27. The van der Waals surface area contributed by atoms with Gasteiger partial charge in [-0.2, -0.15) is 0 Å². The largest absolute Gasteiger partial charge is 0.469 e. The Balaban J connectivity index is 1.76. The van der Waals surface area contributed by atoms with Gasteiger partial charge >= 0.3 is 7.12 Å². The van der Waals surface area contributed by atoms with Crippen molar-refractivity contribution in [1.29, 1.82) is 0 Å². The van der Waals surface area contributed by atoms with Crippen molar-refractivity contribution in [1.82, 2.24) is 15.5 Å². The van der Waals surface area contributed by atoms with E-state index in [1.54, 1.807) is 4.90 Å². The fraction of sp³-hybridized carbons (Fsp3) is 1.00. The minimum atomic E-state index is -1.36. The van der Waals surface area contributed by atoms with Crippen LogP contribution in [0.3, 0.4) is 0 Å². The molecule has 3 unspecified atom stereocenters. The van der Waals surface area contributed by atoms with Crippen LogP contribution >= 0.6 is 0 Å². The lowest BCUT2D eigenvalue weighted by Crippen LogP contribution is -2.52. The highest BCUT2D eigenvalue weighted by Crippen LogP contribution is 2.19. The lowest BCUT2D eigenvalue weighted by Gasteiger charge is -2.29. The minimum absolute atomic E-state index is 0.325. The molecule has 0 aliphatic carbocycles. The van der Waals surface area contributed by atoms with Crippen molar-refractivity contribution >= 4 is 7.12 Å². The van der Waals surface area contributed by atoms with Gasteiger partial charge in [0.1, 0.15) is 6.23 Å². The Hall–Kier alpha value is -0.175. The highest BCUT2D eigenvalue weighted by atomic mass is 16.4. The highest BCUT2D eigenvalue weighted by Gasteiger charge is 2.37. The second-order valence-electron chi connectivity index (χ2n) is 4.94. The van der Waals surface area contributed by atoms with Crippen LogP contribution < -0.4 is 10.6 Å². The SMILES string of the molecule is OB(O)C1CCCN1C(O)CNC1CCNC1. The van der Waals surface area contributed by atoms with Crippen LogP contribution in [-0.4, -0.2) is 71.6 Å². The Labute approximate surface area is 102 Å². The Morgan fingerprint density at radius 3 is 2.88 bits per heavy atom. The molecule has 17 heavy (non-hydrogen) atoms. The summed E-state index contributed by atoms with van der Waals surface area (Å²) in [5.74, 6) is -0.325. The number of nitrogens with one attached hydrogen (secondary N) is 2. The molecule has 0 bridgehead atoms. The third kappa shape index (κ3) is 3.40. The van der Waals surface area contributed by atoms with E-state index in [9.17, 15) is 15.2 Å². The monoisotopic (exact) mass is 243 g/mol. The molecule has 2 fully saturated rings. The number of hydrogen-bond acceptors (Lipinski definition) is 6. The van der Waals surface area contributed by atoms with Gasteiger partial charge in [-0.25, -0.2) is 0 Å². The summed E-state index contributed by atoms with van der Waals surface area (Å²) in [6.07, 6.45) is 2.09. The Morgan fingerprint density at radius 1 is 1.41 bits per heavy atom. The van der Waals surface area contributed by atoms with Gasteiger partial charge < -0.3 is 25.8 Å². The third-order valence-corrected chi connectivity index (χ3v) is 3.72. The van der Waals surface area contributed by atoms with Crippen molar-refractivity contribution in [2.45, 2.75) is 37.5 Å². The van der Waals surface area contributed by atoms with E-state index in [0.717, 1.165) is 38.9 Å². The third-order valence-electron chi connectivity index (χ3n) is 3.72. The molecule has 3 atom stereocenters. The van der Waals surface area contributed by atoms with Gasteiger partial charge in [0.25, 0.3) is 0 Å². The first-order valence-corrected chi connectivity index (χ1v) is 6.42. The van der Waals surface area contributed by atoms with Crippen molar-refractivity contribution < 1.29 is 15.2 Å². The molecule has 98 valence electrons. The van der Waals surface area contributed by atoms with E-state index >= 15 is 0 Å². The van der Waals surface area contributed by atoms with Gasteiger partial charge in [-0.1, -0.05) is 0 Å². The van der Waals surface area contributed by atoms with Gasteiger partial charge in [0, 0.05) is 31.6 Å². The summed E-state index contributed by atoms with van der Waals surface area (Å²) in [5, 5.41) is 35.1. The van der Waals surface area contributed by atoms with Crippen LogP contribution in [0.4, 0.5) is 0 Å². The molecule has 2 saturated heterocycles. The molecule has 0 aromatic heterocycles. The fourth-order valence-electron chi connectivity index (χ4n) is 2.72. The van der Waals surface area contributed by atoms with Gasteiger partial charge in [0.15, 0.2) is 0 Å². The second kappa shape index (κ2) is 6.13. The molecule has 0 amide bonds. The van der Waals surface area contributed by atoms with Crippen LogP contribution in [0.25, 0.3) is 0 Å². The first kappa shape index (κ1) is 13.3. The minimum Gasteiger partial charge on any atom is -0.426 e. The van der Waals surface area contributed by atoms with Crippen LogP contribution in [0.2, 0.25) is 0 Å². The Bertz CT molecular complexity index is 239. The molecule has 5 N–H and O–H groups in total. The molecule has 0 aromatic carbocycles. The molecule has 0 spiro atoms. The standard InChI is InChI=1S/C10H22BN3O3/c15-10(7-13-8-3-4-12-6-8)14-5-1-2-9(14)11(16)17/h8-10,12-13,15-17H,1-7H2. The zero-order valence-corrected chi connectivity index (χ0v) is 10.0. The summed E-state index contributed by atoms with van der Waals surface area (Å²) < 4.78 is 0. The lowest BCUT2D eigenvalue weighted by molar-refractivity contribution is 0.00455. The van der Waals surface area contributed by atoms with Gasteiger partial charge in [0.05, 0.1) is 0 Å². The lowest BCUT2D eigenvalue weighted by atomic mass is 9.78. The second-order valence-corrected chi connectivity index (χ2v) is 4.94. The molecule has 2 aliphatic heterocycles. The normalized spacial score (nSPS) is 31.9. The molecule has 2 aliphatic rings. The molecule has 0 radical (unpaired) electrons. The number of rotatable bonds is 5. The Kier molecular flexibility index (Phi) is 4.78. The van der Waals surface area contributed by atoms with E-state index in [4.69, 9.17) is 0 Å². The number of nitrogens with zero attached hydrogens (tertiary/aromatic N) is 1. The molecular weight excluding hydrogens is 221 g/mol. The fourth-order valence-corrected chi connectivity index (χ4v) is 2.72. The van der Waals surface area contributed by atoms with Crippen molar-refractivity contribution in [3.05, 3.63) is 0 Å². The number of hydrogen-bond donors (Lipinski definition) is 5. The number of aliphatic hydroxyl groups is 1. The van der Waals surface area contributed by atoms with E-state index in [1.807, 2.05) is 0 Å². The van der Waals surface area contributed by atoms with Gasteiger partial charge in [-0.15, -0.1) is 0 Å². The average Bonchev–Trinajstić information content (AvgIpc) is 2.96. The van der Waals surface area contributed by atoms with Crippen molar-refractivity contribution in [2.24, 2.45) is 0 Å². The predicted molar refractivity (Wildman–Crippen MR) is 65.2 cm³/mol. The Morgan fingerprint density at radius 2 is 2.24 bits per heavy atom. The zero-order valence-electron chi connectivity index (χ0n) is 10.0. The maximum Gasteiger partial charge on any atom is 0.469 e. The van der Waals surface area contributed by atoms with E-state index in [1.165, 1.54) is 0 Å². The zero-order chi connectivity index (χ0) is 12.3. The maximum absolute atomic E-state index is 10.0. The van der Waals surface area contributed by atoms with Crippen LogP contribution in [0.5, 0.6) is 0 Å². The summed E-state index contributed by atoms with van der Waals surface area (Å²) in [5.41, 5.74) is 0. The van der Waals surface area contributed by atoms with Crippen LogP contribution in [0.15, 0.2) is 0 Å². The number of likely N-dealkylation sites (tertiary alicyclic amines) is 1. The van der Waals surface area contributed by atoms with Crippen LogP contribution in [0.1, 0.15) is 19.3 Å². The smallest absolute Gasteiger partial charge is 0.426 e. The first-order valence-electron chi connectivity index (χ1n) is 6.42. The van der Waals surface area contributed by atoms with E-state index in [2.05, 4.69) is 10.6 Å². The van der Waals surface area contributed by atoms with Gasteiger partial charge in [0.2, 0.25) is 0 Å². The van der Waals surface area contributed by atoms with Crippen molar-refractivity contribution in [3.8, 4) is 0 Å². The van der Waals surface area contributed by atoms with Gasteiger partial charge in [-0.05, 0) is 25.8 Å². The van der Waals surface area contributed by atoms with E-state index < -0.39 is 13.3 Å². The molecule has 0 saturated carbocycles. The summed E-state index contributed by atoms with van der Waals surface area (Å²) in [6, 6.07) is 0.421. The van der Waals surface area contributed by atoms with E-state index in [-0.39, 0.29) is 5.94 Å². The van der Waals surface area contributed by atoms with Crippen molar-refractivity contribution in [3.63, 3.8) is 0 Å². The maximum atomic E-state index is 10.0. The molecule has 2 heterocycles.